The van der Waals surface area contributed by atoms with E-state index in [-0.39, 0.29) is 39.6 Å². The molecule has 1 aromatic heterocycles. The molecule has 0 radical (unpaired) electrons. The maximum atomic E-state index is 11.8. The van der Waals surface area contributed by atoms with Crippen molar-refractivity contribution in [1.82, 2.24) is 9.88 Å². The minimum absolute atomic E-state index is 0.0210. The largest absolute Gasteiger partial charge is 0.465 e. The molecule has 0 saturated carbocycles. The Kier molecular flexibility index (Phi) is 7.28. The maximum Gasteiger partial charge on any atom is 0.407 e. The fourth-order valence-corrected chi connectivity index (χ4v) is 6.55. The number of sulfonamides is 1. The first-order chi connectivity index (χ1) is 15.5. The molecule has 4 N–H and O–H groups in total. The number of carbonyl (C=O) groups is 1. The van der Waals surface area contributed by atoms with Gasteiger partial charge in [-0.15, -0.1) is 0 Å². The number of aromatic nitrogens is 1. The van der Waals surface area contributed by atoms with Gasteiger partial charge in [-0.05, 0) is 97.6 Å². The summed E-state index contributed by atoms with van der Waals surface area (Å²) in [4.78, 5) is 17.5. The van der Waals surface area contributed by atoms with Crippen molar-refractivity contribution in [2.75, 3.05) is 11.9 Å². The lowest BCUT2D eigenvalue weighted by Gasteiger charge is -2.48. The van der Waals surface area contributed by atoms with Crippen LogP contribution in [0.3, 0.4) is 0 Å². The Morgan fingerprint density at radius 3 is 2.35 bits per heavy atom. The highest BCUT2D eigenvalue weighted by Gasteiger charge is 2.44. The third kappa shape index (κ3) is 6.60. The lowest BCUT2D eigenvalue weighted by molar-refractivity contribution is -0.174. The second-order valence-corrected chi connectivity index (χ2v) is 13.3. The Hall–Kier alpha value is -1.91. The van der Waals surface area contributed by atoms with Gasteiger partial charge in [0.1, 0.15) is 5.82 Å². The predicted octanol–water partition coefficient (Wildman–Crippen LogP) is 4.05. The van der Waals surface area contributed by atoms with Gasteiger partial charge in [-0.3, -0.25) is 0 Å². The molecule has 0 bridgehead atoms. The number of nitrogens with zero attached hydrogens (tertiary/aromatic N) is 2. The number of anilines is 1. The van der Waals surface area contributed by atoms with Crippen LogP contribution in [0.1, 0.15) is 73.6 Å². The van der Waals surface area contributed by atoms with Crippen LogP contribution in [0.4, 0.5) is 10.6 Å². The second kappa shape index (κ2) is 9.28. The van der Waals surface area contributed by atoms with Crippen LogP contribution in [0.5, 0.6) is 0 Å². The fourth-order valence-electron chi connectivity index (χ4n) is 6.05. The first-order valence-electron chi connectivity index (χ1n) is 11.9. The van der Waals surface area contributed by atoms with E-state index < -0.39 is 16.1 Å². The molecule has 2 atom stereocenters. The summed E-state index contributed by atoms with van der Waals surface area (Å²) in [6, 6.07) is 4.79. The fraction of sp³-hybridized carbons (Fsp3) is 0.750. The zero-order valence-corrected chi connectivity index (χ0v) is 22.0. The standard InChI is InChI=1S/C24H40N4O5S/c1-22(2)12-16(15-28(22)21(29)30)10-11-18(17-13-23(3,4)33-24(5,6)14-17)26-19-8-7-9-20(27-19)34(25,31)32/h7-9,16-18H,10-15H2,1-6H3,(H,26,27)(H,29,30)(H2,25,31,32)/t16-,18?/m0/s1. The third-order valence-electron chi connectivity index (χ3n) is 7.05. The van der Waals surface area contributed by atoms with Gasteiger partial charge in [-0.25, -0.2) is 23.3 Å². The molecule has 9 nitrogen and oxygen atoms in total. The van der Waals surface area contributed by atoms with Gasteiger partial charge in [-0.1, -0.05) is 6.07 Å². The zero-order valence-electron chi connectivity index (χ0n) is 21.2. The van der Waals surface area contributed by atoms with Crippen molar-refractivity contribution in [2.45, 2.75) is 101 Å². The van der Waals surface area contributed by atoms with Gasteiger partial charge in [-0.2, -0.15) is 0 Å². The van der Waals surface area contributed by atoms with E-state index in [4.69, 9.17) is 9.88 Å². The van der Waals surface area contributed by atoms with Gasteiger partial charge >= 0.3 is 6.09 Å². The number of likely N-dealkylation sites (tertiary alicyclic amines) is 1. The van der Waals surface area contributed by atoms with E-state index in [0.717, 1.165) is 32.1 Å². The van der Waals surface area contributed by atoms with Crippen molar-refractivity contribution in [3.8, 4) is 0 Å². The molecule has 0 aromatic carbocycles. The van der Waals surface area contributed by atoms with Gasteiger partial charge in [0.2, 0.25) is 0 Å². The van der Waals surface area contributed by atoms with Crippen LogP contribution in [0.15, 0.2) is 23.2 Å². The van der Waals surface area contributed by atoms with Crippen LogP contribution in [0.2, 0.25) is 0 Å². The lowest BCUT2D eigenvalue weighted by Crippen LogP contribution is -2.49. The summed E-state index contributed by atoms with van der Waals surface area (Å²) >= 11 is 0. The van der Waals surface area contributed by atoms with E-state index in [1.807, 2.05) is 13.8 Å². The topological polar surface area (TPSA) is 135 Å². The Balaban J connectivity index is 1.82. The van der Waals surface area contributed by atoms with Crippen molar-refractivity contribution >= 4 is 21.9 Å². The SMILES string of the molecule is CC1(C)CC(C(CC[C@@H]2CN(C(=O)O)C(C)(C)C2)Nc2cccc(S(N)(=O)=O)n2)CC(C)(C)O1. The van der Waals surface area contributed by atoms with Crippen LogP contribution in [-0.4, -0.2) is 58.8 Å². The van der Waals surface area contributed by atoms with Crippen LogP contribution in [0, 0.1) is 11.8 Å². The van der Waals surface area contributed by atoms with Crippen LogP contribution in [-0.2, 0) is 14.8 Å². The van der Waals surface area contributed by atoms with Gasteiger partial charge < -0.3 is 20.1 Å². The number of rotatable bonds is 7. The molecule has 1 amide bonds. The molecule has 2 aliphatic heterocycles. The molecule has 3 rings (SSSR count). The summed E-state index contributed by atoms with van der Waals surface area (Å²) in [5.41, 5.74) is -0.969. The average molecular weight is 497 g/mol. The molecule has 1 unspecified atom stereocenters. The maximum absolute atomic E-state index is 11.8. The van der Waals surface area contributed by atoms with Gasteiger partial charge in [0.15, 0.2) is 5.03 Å². The molecule has 1 aromatic rings. The number of hydrogen-bond donors (Lipinski definition) is 3. The molecule has 2 saturated heterocycles. The Labute approximate surface area is 203 Å². The lowest BCUT2D eigenvalue weighted by atomic mass is 9.75. The summed E-state index contributed by atoms with van der Waals surface area (Å²) in [7, 11) is -3.91. The highest BCUT2D eigenvalue weighted by molar-refractivity contribution is 7.89. The number of amides is 1. The molecule has 2 fully saturated rings. The Morgan fingerprint density at radius 2 is 1.82 bits per heavy atom. The predicted molar refractivity (Wildman–Crippen MR) is 131 cm³/mol. The molecule has 0 aliphatic carbocycles. The third-order valence-corrected chi connectivity index (χ3v) is 7.86. The normalized spacial score (nSPS) is 25.1. The number of nitrogens with two attached hydrogens (primary N) is 1. The molecule has 10 heteroatoms. The minimum atomic E-state index is -3.91. The smallest absolute Gasteiger partial charge is 0.407 e. The van der Waals surface area contributed by atoms with E-state index in [1.54, 1.807) is 12.1 Å². The van der Waals surface area contributed by atoms with Crippen LogP contribution >= 0.6 is 0 Å². The second-order valence-electron chi connectivity index (χ2n) is 11.8. The molecule has 192 valence electrons. The van der Waals surface area contributed by atoms with Crippen molar-refractivity contribution < 1.29 is 23.1 Å². The summed E-state index contributed by atoms with van der Waals surface area (Å²) in [5.74, 6) is 1.00. The molecular weight excluding hydrogens is 456 g/mol. The average Bonchev–Trinajstić information content (AvgIpc) is 2.96. The van der Waals surface area contributed by atoms with E-state index in [9.17, 15) is 18.3 Å². The monoisotopic (exact) mass is 496 g/mol. The van der Waals surface area contributed by atoms with E-state index in [1.165, 1.54) is 11.0 Å². The molecule has 34 heavy (non-hydrogen) atoms. The number of ether oxygens (including phenoxy) is 1. The van der Waals surface area contributed by atoms with Crippen LogP contribution in [0.25, 0.3) is 0 Å². The van der Waals surface area contributed by atoms with Crippen molar-refractivity contribution in [1.29, 1.82) is 0 Å². The van der Waals surface area contributed by atoms with E-state index >= 15 is 0 Å². The summed E-state index contributed by atoms with van der Waals surface area (Å²) in [6.45, 7) is 12.9. The minimum Gasteiger partial charge on any atom is -0.465 e. The molecule has 3 heterocycles. The summed E-state index contributed by atoms with van der Waals surface area (Å²) < 4.78 is 29.9. The Bertz CT molecular complexity index is 992. The van der Waals surface area contributed by atoms with Gasteiger partial charge in [0.05, 0.1) is 11.2 Å². The number of carboxylic acid groups (broad SMARTS) is 1. The van der Waals surface area contributed by atoms with Crippen LogP contribution < -0.4 is 10.5 Å². The first-order valence-corrected chi connectivity index (χ1v) is 13.5. The van der Waals surface area contributed by atoms with E-state index in [2.05, 4.69) is 38.0 Å². The highest BCUT2D eigenvalue weighted by atomic mass is 32.2. The summed E-state index contributed by atoms with van der Waals surface area (Å²) in [6.07, 6.45) is 3.31. The molecule has 0 spiro atoms. The highest BCUT2D eigenvalue weighted by Crippen LogP contribution is 2.42. The van der Waals surface area contributed by atoms with E-state index in [0.29, 0.717) is 12.4 Å². The van der Waals surface area contributed by atoms with Gasteiger partial charge in [0, 0.05) is 18.1 Å². The number of nitrogens with one attached hydrogen (secondary N) is 1. The van der Waals surface area contributed by atoms with Crippen molar-refractivity contribution in [2.24, 2.45) is 17.0 Å². The Morgan fingerprint density at radius 1 is 1.21 bits per heavy atom. The number of primary sulfonamides is 1. The van der Waals surface area contributed by atoms with Crippen molar-refractivity contribution in [3.63, 3.8) is 0 Å². The first kappa shape index (κ1) is 26.7. The van der Waals surface area contributed by atoms with Crippen molar-refractivity contribution in [3.05, 3.63) is 18.2 Å². The molecule has 2 aliphatic rings. The number of pyridine rings is 1. The quantitative estimate of drug-likeness (QED) is 0.518. The molecular formula is C24H40N4O5S. The summed E-state index contributed by atoms with van der Waals surface area (Å²) in [5, 5.41) is 18.2. The van der Waals surface area contributed by atoms with Gasteiger partial charge in [0.25, 0.3) is 10.0 Å². The number of hydrogen-bond acceptors (Lipinski definition) is 6. The zero-order chi connectivity index (χ0) is 25.5.